The molecule has 0 fully saturated rings. The molecule has 21 heavy (non-hydrogen) atoms. The van der Waals surface area contributed by atoms with Crippen molar-refractivity contribution in [2.45, 2.75) is 26.3 Å². The molecule has 0 radical (unpaired) electrons. The fourth-order valence-electron chi connectivity index (χ4n) is 2.09. The van der Waals surface area contributed by atoms with Crippen LogP contribution < -0.4 is 15.2 Å². The normalized spacial score (nSPS) is 12.2. The largest absolute Gasteiger partial charge is 0.490 e. The summed E-state index contributed by atoms with van der Waals surface area (Å²) in [5, 5.41) is 2.08. The summed E-state index contributed by atoms with van der Waals surface area (Å²) < 4.78 is 12.3. The summed E-state index contributed by atoms with van der Waals surface area (Å²) in [6, 6.07) is 8.00. The van der Waals surface area contributed by atoms with Crippen LogP contribution >= 0.6 is 27.3 Å². The first kappa shape index (κ1) is 16.3. The SMILES string of the molecule is CCOc1ccc(C(N)Cc2cc(Br)cs2)cc1OCC. The van der Waals surface area contributed by atoms with Crippen molar-refractivity contribution in [1.29, 1.82) is 0 Å². The maximum Gasteiger partial charge on any atom is 0.161 e. The Morgan fingerprint density at radius 2 is 1.86 bits per heavy atom. The Morgan fingerprint density at radius 3 is 2.48 bits per heavy atom. The van der Waals surface area contributed by atoms with Gasteiger partial charge in [-0.2, -0.15) is 0 Å². The van der Waals surface area contributed by atoms with E-state index in [2.05, 4.69) is 27.4 Å². The number of halogens is 1. The summed E-state index contributed by atoms with van der Waals surface area (Å²) in [5.41, 5.74) is 7.38. The second kappa shape index (κ2) is 7.82. The summed E-state index contributed by atoms with van der Waals surface area (Å²) in [6.07, 6.45) is 0.815. The van der Waals surface area contributed by atoms with Gasteiger partial charge in [-0.05, 0) is 53.5 Å². The molecule has 1 unspecified atom stereocenters. The lowest BCUT2D eigenvalue weighted by molar-refractivity contribution is 0.287. The zero-order chi connectivity index (χ0) is 15.2. The smallest absolute Gasteiger partial charge is 0.161 e. The van der Waals surface area contributed by atoms with Crippen molar-refractivity contribution >= 4 is 27.3 Å². The molecule has 5 heteroatoms. The van der Waals surface area contributed by atoms with E-state index in [-0.39, 0.29) is 6.04 Å². The molecule has 1 heterocycles. The molecule has 114 valence electrons. The molecule has 2 aromatic rings. The maximum absolute atomic E-state index is 6.32. The lowest BCUT2D eigenvalue weighted by Crippen LogP contribution is -2.13. The quantitative estimate of drug-likeness (QED) is 0.778. The van der Waals surface area contributed by atoms with E-state index >= 15 is 0 Å². The minimum absolute atomic E-state index is 0.0505. The highest BCUT2D eigenvalue weighted by atomic mass is 79.9. The van der Waals surface area contributed by atoms with Gasteiger partial charge in [0.15, 0.2) is 11.5 Å². The van der Waals surface area contributed by atoms with Gasteiger partial charge in [0.25, 0.3) is 0 Å². The molecular formula is C16H20BrNO2S. The van der Waals surface area contributed by atoms with E-state index in [4.69, 9.17) is 15.2 Å². The molecule has 1 aromatic carbocycles. The van der Waals surface area contributed by atoms with Crippen molar-refractivity contribution in [3.63, 3.8) is 0 Å². The number of ether oxygens (including phenoxy) is 2. The van der Waals surface area contributed by atoms with Gasteiger partial charge in [0.1, 0.15) is 0 Å². The van der Waals surface area contributed by atoms with Crippen LogP contribution in [0.1, 0.15) is 30.3 Å². The first-order chi connectivity index (χ1) is 10.1. The Kier molecular flexibility index (Phi) is 6.08. The topological polar surface area (TPSA) is 44.5 Å². The van der Waals surface area contributed by atoms with E-state index in [0.717, 1.165) is 28.0 Å². The van der Waals surface area contributed by atoms with Crippen LogP contribution in [0.2, 0.25) is 0 Å². The molecule has 2 rings (SSSR count). The predicted octanol–water partition coefficient (Wildman–Crippen LogP) is 4.55. The van der Waals surface area contributed by atoms with Gasteiger partial charge in [-0.3, -0.25) is 0 Å². The standard InChI is InChI=1S/C16H20BrNO2S/c1-3-19-15-6-5-11(7-16(15)20-4-2)14(18)9-13-8-12(17)10-21-13/h5-8,10,14H,3-4,9,18H2,1-2H3. The Hall–Kier alpha value is -1.04. The molecular weight excluding hydrogens is 350 g/mol. The zero-order valence-corrected chi connectivity index (χ0v) is 14.7. The van der Waals surface area contributed by atoms with Crippen molar-refractivity contribution in [2.24, 2.45) is 5.73 Å². The first-order valence-electron chi connectivity index (χ1n) is 7.02. The Balaban J connectivity index is 2.16. The van der Waals surface area contributed by atoms with Crippen molar-refractivity contribution < 1.29 is 9.47 Å². The second-order valence-corrected chi connectivity index (χ2v) is 6.53. The maximum atomic E-state index is 6.32. The molecule has 0 saturated carbocycles. The molecule has 1 atom stereocenters. The Morgan fingerprint density at radius 1 is 1.14 bits per heavy atom. The lowest BCUT2D eigenvalue weighted by atomic mass is 10.0. The van der Waals surface area contributed by atoms with Gasteiger partial charge in [-0.25, -0.2) is 0 Å². The molecule has 0 spiro atoms. The first-order valence-corrected chi connectivity index (χ1v) is 8.69. The number of rotatable bonds is 7. The third-order valence-corrected chi connectivity index (χ3v) is 4.76. The third-order valence-electron chi connectivity index (χ3n) is 3.04. The van der Waals surface area contributed by atoms with Gasteiger partial charge in [-0.1, -0.05) is 6.07 Å². The molecule has 0 bridgehead atoms. The summed E-state index contributed by atoms with van der Waals surface area (Å²) in [6.45, 7) is 5.15. The van der Waals surface area contributed by atoms with Crippen LogP contribution in [0.15, 0.2) is 34.1 Å². The summed E-state index contributed by atoms with van der Waals surface area (Å²) in [4.78, 5) is 1.27. The summed E-state index contributed by atoms with van der Waals surface area (Å²) in [5.74, 6) is 1.54. The highest BCUT2D eigenvalue weighted by Crippen LogP contribution is 2.32. The van der Waals surface area contributed by atoms with Crippen molar-refractivity contribution in [3.05, 3.63) is 44.6 Å². The third kappa shape index (κ3) is 4.46. The molecule has 0 saturated heterocycles. The molecule has 1 aromatic heterocycles. The van der Waals surface area contributed by atoms with Crippen molar-refractivity contribution in [2.75, 3.05) is 13.2 Å². The van der Waals surface area contributed by atoms with Crippen molar-refractivity contribution in [1.82, 2.24) is 0 Å². The number of benzene rings is 1. The highest BCUT2D eigenvalue weighted by molar-refractivity contribution is 9.10. The van der Waals surface area contributed by atoms with E-state index in [1.165, 1.54) is 4.88 Å². The van der Waals surface area contributed by atoms with Gasteiger partial charge in [-0.15, -0.1) is 11.3 Å². The second-order valence-electron chi connectivity index (χ2n) is 4.61. The summed E-state index contributed by atoms with van der Waals surface area (Å²) >= 11 is 5.19. The predicted molar refractivity (Wildman–Crippen MR) is 91.4 cm³/mol. The molecule has 0 amide bonds. The Bertz CT molecular complexity index is 585. The van der Waals surface area contributed by atoms with E-state index in [0.29, 0.717) is 13.2 Å². The number of nitrogens with two attached hydrogens (primary N) is 1. The van der Waals surface area contributed by atoms with E-state index < -0.39 is 0 Å². The fraction of sp³-hybridized carbons (Fsp3) is 0.375. The minimum Gasteiger partial charge on any atom is -0.490 e. The van der Waals surface area contributed by atoms with Gasteiger partial charge < -0.3 is 15.2 Å². The Labute approximate surface area is 138 Å². The van der Waals surface area contributed by atoms with Crippen LogP contribution in [-0.2, 0) is 6.42 Å². The molecule has 0 aliphatic rings. The van der Waals surface area contributed by atoms with E-state index in [1.54, 1.807) is 11.3 Å². The monoisotopic (exact) mass is 369 g/mol. The van der Waals surface area contributed by atoms with Crippen LogP contribution in [-0.4, -0.2) is 13.2 Å². The lowest BCUT2D eigenvalue weighted by Gasteiger charge is -2.16. The average molecular weight is 370 g/mol. The van der Waals surface area contributed by atoms with Crippen LogP contribution in [0.4, 0.5) is 0 Å². The van der Waals surface area contributed by atoms with Gasteiger partial charge in [0, 0.05) is 27.2 Å². The van der Waals surface area contributed by atoms with Crippen LogP contribution in [0.5, 0.6) is 11.5 Å². The number of thiophene rings is 1. The highest BCUT2D eigenvalue weighted by Gasteiger charge is 2.13. The van der Waals surface area contributed by atoms with Crippen molar-refractivity contribution in [3.8, 4) is 11.5 Å². The van der Waals surface area contributed by atoms with Gasteiger partial charge in [0.2, 0.25) is 0 Å². The van der Waals surface area contributed by atoms with Gasteiger partial charge in [0.05, 0.1) is 13.2 Å². The minimum atomic E-state index is -0.0505. The average Bonchev–Trinajstić information content (AvgIpc) is 2.86. The number of hydrogen-bond acceptors (Lipinski definition) is 4. The van der Waals surface area contributed by atoms with E-state index in [9.17, 15) is 0 Å². The molecule has 3 nitrogen and oxygen atoms in total. The van der Waals surface area contributed by atoms with Gasteiger partial charge >= 0.3 is 0 Å². The number of hydrogen-bond donors (Lipinski definition) is 1. The van der Waals surface area contributed by atoms with E-state index in [1.807, 2.05) is 32.0 Å². The molecule has 2 N–H and O–H groups in total. The molecule has 0 aliphatic carbocycles. The van der Waals surface area contributed by atoms with Crippen LogP contribution in [0, 0.1) is 0 Å². The molecule has 0 aliphatic heterocycles. The fourth-order valence-corrected chi connectivity index (χ4v) is 3.60. The van der Waals surface area contributed by atoms with Crippen LogP contribution in [0.25, 0.3) is 0 Å². The summed E-state index contributed by atoms with van der Waals surface area (Å²) in [7, 11) is 0. The zero-order valence-electron chi connectivity index (χ0n) is 12.3. The van der Waals surface area contributed by atoms with Crippen LogP contribution in [0.3, 0.4) is 0 Å².